The van der Waals surface area contributed by atoms with Crippen molar-refractivity contribution < 1.29 is 14.6 Å². The zero-order valence-electron chi connectivity index (χ0n) is 15.7. The molecular weight excluding hydrogens is 356 g/mol. The molecule has 2 heterocycles. The summed E-state index contributed by atoms with van der Waals surface area (Å²) in [7, 11) is 0. The molecule has 0 radical (unpaired) electrons. The van der Waals surface area contributed by atoms with Crippen molar-refractivity contribution in [2.45, 2.75) is 19.3 Å². The maximum atomic E-state index is 11.8. The minimum atomic E-state index is -1.08. The van der Waals surface area contributed by atoms with Gasteiger partial charge in [-0.25, -0.2) is 4.79 Å². The fourth-order valence-corrected chi connectivity index (χ4v) is 3.61. The van der Waals surface area contributed by atoms with Gasteiger partial charge in [0, 0.05) is 19.0 Å². The Kier molecular flexibility index (Phi) is 4.97. The molecule has 0 aliphatic carbocycles. The second-order valence-corrected chi connectivity index (χ2v) is 6.71. The molecule has 1 aliphatic heterocycles. The Morgan fingerprint density at radius 3 is 2.64 bits per heavy atom. The number of carboxylic acid groups (broad SMARTS) is 1. The molecule has 0 saturated carbocycles. The van der Waals surface area contributed by atoms with Crippen molar-refractivity contribution in [3.63, 3.8) is 0 Å². The predicted octanol–water partition coefficient (Wildman–Crippen LogP) is 3.36. The molecule has 1 aliphatic rings. The number of carboxylic acids is 1. The molecule has 1 N–H and O–H groups in total. The van der Waals surface area contributed by atoms with Crippen molar-refractivity contribution in [2.75, 3.05) is 24.6 Å². The quantitative estimate of drug-likeness (QED) is 0.708. The van der Waals surface area contributed by atoms with Gasteiger partial charge in [0.1, 0.15) is 11.4 Å². The van der Waals surface area contributed by atoms with E-state index in [2.05, 4.69) is 22.3 Å². The molecule has 0 unspecified atom stereocenters. The summed E-state index contributed by atoms with van der Waals surface area (Å²) in [4.78, 5) is 15.2. The highest BCUT2D eigenvalue weighted by Crippen LogP contribution is 2.32. The third-order valence-electron chi connectivity index (χ3n) is 4.94. The second-order valence-electron chi connectivity index (χ2n) is 6.71. The lowest BCUT2D eigenvalue weighted by Gasteiger charge is -2.16. The van der Waals surface area contributed by atoms with E-state index < -0.39 is 5.97 Å². The van der Waals surface area contributed by atoms with Crippen LogP contribution in [0.15, 0.2) is 54.6 Å². The Balaban J connectivity index is 1.66. The van der Waals surface area contributed by atoms with Crippen LogP contribution in [-0.2, 0) is 0 Å². The zero-order valence-corrected chi connectivity index (χ0v) is 15.7. The maximum absolute atomic E-state index is 11.8. The van der Waals surface area contributed by atoms with Gasteiger partial charge in [-0.15, -0.1) is 15.0 Å². The van der Waals surface area contributed by atoms with Crippen LogP contribution in [0.3, 0.4) is 0 Å². The number of carbonyl (C=O) groups is 1. The minimum absolute atomic E-state index is 0.0417. The molecule has 1 fully saturated rings. The zero-order chi connectivity index (χ0) is 19.5. The number of hydrogen-bond donors (Lipinski definition) is 1. The summed E-state index contributed by atoms with van der Waals surface area (Å²) in [6.07, 6.45) is 0.950. The SMILES string of the molecule is CCOc1ccccc1-n1nc(C(=O)O)c(N2CC[C@@H](c3ccccc3)C2)n1. The Bertz CT molecular complexity index is 971. The summed E-state index contributed by atoms with van der Waals surface area (Å²) in [6.45, 7) is 3.86. The van der Waals surface area contributed by atoms with Gasteiger partial charge in [0.25, 0.3) is 0 Å². The largest absolute Gasteiger partial charge is 0.492 e. The molecule has 3 aromatic rings. The van der Waals surface area contributed by atoms with E-state index in [1.54, 1.807) is 0 Å². The minimum Gasteiger partial charge on any atom is -0.492 e. The van der Waals surface area contributed by atoms with E-state index in [9.17, 15) is 9.90 Å². The topological polar surface area (TPSA) is 80.5 Å². The van der Waals surface area contributed by atoms with E-state index in [0.717, 1.165) is 19.5 Å². The lowest BCUT2D eigenvalue weighted by molar-refractivity contribution is 0.0690. The Hall–Kier alpha value is -3.35. The third-order valence-corrected chi connectivity index (χ3v) is 4.94. The number of anilines is 1. The van der Waals surface area contributed by atoms with E-state index in [0.29, 0.717) is 29.8 Å². The van der Waals surface area contributed by atoms with Crippen LogP contribution in [0, 0.1) is 0 Å². The molecule has 1 aromatic heterocycles. The highest BCUT2D eigenvalue weighted by molar-refractivity contribution is 5.91. The molecule has 0 spiro atoms. The lowest BCUT2D eigenvalue weighted by Crippen LogP contribution is -2.22. The van der Waals surface area contributed by atoms with E-state index >= 15 is 0 Å². The normalized spacial score (nSPS) is 16.3. The van der Waals surface area contributed by atoms with Gasteiger partial charge in [0.15, 0.2) is 5.82 Å². The van der Waals surface area contributed by atoms with Gasteiger partial charge < -0.3 is 14.7 Å². The number of para-hydroxylation sites is 2. The number of aromatic carboxylic acids is 1. The first kappa shape index (κ1) is 18.0. The number of benzene rings is 2. The molecule has 0 amide bonds. The lowest BCUT2D eigenvalue weighted by atomic mass is 9.99. The molecule has 144 valence electrons. The van der Waals surface area contributed by atoms with Crippen LogP contribution in [0.1, 0.15) is 35.3 Å². The van der Waals surface area contributed by atoms with Gasteiger partial charge in [0.2, 0.25) is 5.69 Å². The van der Waals surface area contributed by atoms with Crippen LogP contribution in [0.5, 0.6) is 5.75 Å². The average molecular weight is 378 g/mol. The van der Waals surface area contributed by atoms with Crippen LogP contribution in [0.4, 0.5) is 5.82 Å². The Morgan fingerprint density at radius 2 is 1.89 bits per heavy atom. The molecule has 4 rings (SSSR count). The first-order chi connectivity index (χ1) is 13.7. The molecule has 7 nitrogen and oxygen atoms in total. The number of rotatable bonds is 6. The van der Waals surface area contributed by atoms with Gasteiger partial charge in [-0.1, -0.05) is 42.5 Å². The summed E-state index contributed by atoms with van der Waals surface area (Å²) in [5.41, 5.74) is 1.84. The Morgan fingerprint density at radius 1 is 1.14 bits per heavy atom. The smallest absolute Gasteiger partial charge is 0.360 e. The monoisotopic (exact) mass is 378 g/mol. The van der Waals surface area contributed by atoms with Crippen molar-refractivity contribution in [1.82, 2.24) is 15.0 Å². The van der Waals surface area contributed by atoms with Gasteiger partial charge in [0.05, 0.1) is 6.61 Å². The van der Waals surface area contributed by atoms with Crippen molar-refractivity contribution in [1.29, 1.82) is 0 Å². The molecule has 1 atom stereocenters. The first-order valence-corrected chi connectivity index (χ1v) is 9.40. The van der Waals surface area contributed by atoms with Crippen molar-refractivity contribution >= 4 is 11.8 Å². The molecular formula is C21H22N4O3. The molecule has 28 heavy (non-hydrogen) atoms. The summed E-state index contributed by atoms with van der Waals surface area (Å²) in [5, 5.41) is 18.4. The maximum Gasteiger partial charge on any atom is 0.360 e. The van der Waals surface area contributed by atoms with Crippen LogP contribution in [0.25, 0.3) is 5.69 Å². The van der Waals surface area contributed by atoms with Crippen molar-refractivity contribution in [3.8, 4) is 11.4 Å². The standard InChI is InChI=1S/C21H22N4O3/c1-2-28-18-11-7-6-10-17(18)25-22-19(21(26)27)20(23-25)24-13-12-16(14-24)15-8-4-3-5-9-15/h3-11,16H,2,12-14H2,1H3,(H,26,27)/t16-/m1/s1. The summed E-state index contributed by atoms with van der Waals surface area (Å²) < 4.78 is 5.64. The fourth-order valence-electron chi connectivity index (χ4n) is 3.61. The highest BCUT2D eigenvalue weighted by Gasteiger charge is 2.30. The number of ether oxygens (including phenoxy) is 1. The second kappa shape index (κ2) is 7.72. The number of aromatic nitrogens is 3. The van der Waals surface area contributed by atoms with E-state index in [4.69, 9.17) is 4.74 Å². The van der Waals surface area contributed by atoms with Crippen LogP contribution < -0.4 is 9.64 Å². The van der Waals surface area contributed by atoms with Gasteiger partial charge >= 0.3 is 5.97 Å². The van der Waals surface area contributed by atoms with E-state index in [1.807, 2.05) is 54.3 Å². The van der Waals surface area contributed by atoms with E-state index in [1.165, 1.54) is 10.4 Å². The van der Waals surface area contributed by atoms with Gasteiger partial charge in [-0.05, 0) is 31.0 Å². The number of nitrogens with zero attached hydrogens (tertiary/aromatic N) is 4. The molecule has 0 bridgehead atoms. The van der Waals surface area contributed by atoms with E-state index in [-0.39, 0.29) is 5.69 Å². The fraction of sp³-hybridized carbons (Fsp3) is 0.286. The van der Waals surface area contributed by atoms with Crippen molar-refractivity contribution in [2.24, 2.45) is 0 Å². The Labute approximate surface area is 163 Å². The third kappa shape index (κ3) is 3.43. The summed E-state index contributed by atoms with van der Waals surface area (Å²) >= 11 is 0. The molecule has 1 saturated heterocycles. The average Bonchev–Trinajstić information content (AvgIpc) is 3.37. The van der Waals surface area contributed by atoms with Crippen LogP contribution >= 0.6 is 0 Å². The highest BCUT2D eigenvalue weighted by atomic mass is 16.5. The van der Waals surface area contributed by atoms with Gasteiger partial charge in [-0.3, -0.25) is 0 Å². The molecule has 7 heteroatoms. The van der Waals surface area contributed by atoms with Crippen LogP contribution in [0.2, 0.25) is 0 Å². The summed E-state index contributed by atoms with van der Waals surface area (Å²) in [5.74, 6) is 0.284. The predicted molar refractivity (Wildman–Crippen MR) is 106 cm³/mol. The van der Waals surface area contributed by atoms with Gasteiger partial charge in [-0.2, -0.15) is 0 Å². The first-order valence-electron chi connectivity index (χ1n) is 9.40. The van der Waals surface area contributed by atoms with Crippen LogP contribution in [-0.4, -0.2) is 45.8 Å². The number of hydrogen-bond acceptors (Lipinski definition) is 5. The summed E-state index contributed by atoms with van der Waals surface area (Å²) in [6, 6.07) is 17.6. The molecule has 2 aromatic carbocycles. The van der Waals surface area contributed by atoms with Crippen molar-refractivity contribution in [3.05, 3.63) is 65.9 Å².